The summed E-state index contributed by atoms with van der Waals surface area (Å²) in [6.07, 6.45) is 0. The highest BCUT2D eigenvalue weighted by molar-refractivity contribution is 8.01. The number of hydrogen-bond donors (Lipinski definition) is 1. The van der Waals surface area contributed by atoms with Crippen molar-refractivity contribution in [3.63, 3.8) is 0 Å². The molecule has 0 radical (unpaired) electrons. The maximum Gasteiger partial charge on any atom is 0.257 e. The standard InChI is InChI=1S/C11H9Cl2N3OS2/c1-2-18-11-16-15-10(19-11)14-9(17)6-3-7(12)5-8(13)4-6/h3-5H,2H2,1H3,(H,14,15,17). The minimum Gasteiger partial charge on any atom is -0.296 e. The van der Waals surface area contributed by atoms with Gasteiger partial charge in [0.05, 0.1) is 0 Å². The maximum absolute atomic E-state index is 12.0. The molecule has 0 bridgehead atoms. The molecule has 1 N–H and O–H groups in total. The average Bonchev–Trinajstić information content (AvgIpc) is 2.76. The summed E-state index contributed by atoms with van der Waals surface area (Å²) in [6.45, 7) is 2.03. The van der Waals surface area contributed by atoms with Gasteiger partial charge in [0.1, 0.15) is 0 Å². The van der Waals surface area contributed by atoms with Crippen molar-refractivity contribution in [1.29, 1.82) is 0 Å². The molecular weight excluding hydrogens is 325 g/mol. The van der Waals surface area contributed by atoms with E-state index in [9.17, 15) is 4.79 Å². The molecular formula is C11H9Cl2N3OS2. The molecule has 0 saturated heterocycles. The van der Waals surface area contributed by atoms with E-state index in [-0.39, 0.29) is 5.91 Å². The number of hydrogen-bond acceptors (Lipinski definition) is 5. The van der Waals surface area contributed by atoms with E-state index in [2.05, 4.69) is 15.5 Å². The Hall–Kier alpha value is -0.820. The molecule has 0 atom stereocenters. The Morgan fingerprint density at radius 1 is 1.32 bits per heavy atom. The van der Waals surface area contributed by atoms with Crippen LogP contribution in [0.15, 0.2) is 22.5 Å². The fourth-order valence-electron chi connectivity index (χ4n) is 1.30. The number of nitrogens with zero attached hydrogens (tertiary/aromatic N) is 2. The van der Waals surface area contributed by atoms with Crippen molar-refractivity contribution in [2.75, 3.05) is 11.1 Å². The fourth-order valence-corrected chi connectivity index (χ4v) is 3.47. The van der Waals surface area contributed by atoms with Gasteiger partial charge in [0.15, 0.2) is 4.34 Å². The Bertz CT molecular complexity index is 583. The van der Waals surface area contributed by atoms with Crippen LogP contribution in [0.25, 0.3) is 0 Å². The normalized spacial score (nSPS) is 10.5. The zero-order valence-electron chi connectivity index (χ0n) is 9.81. The van der Waals surface area contributed by atoms with E-state index in [1.165, 1.54) is 11.3 Å². The second-order valence-corrected chi connectivity index (χ2v) is 6.78. The number of benzene rings is 1. The molecule has 2 rings (SSSR count). The van der Waals surface area contributed by atoms with Gasteiger partial charge in [0.25, 0.3) is 5.91 Å². The van der Waals surface area contributed by atoms with Crippen molar-refractivity contribution < 1.29 is 4.79 Å². The quantitative estimate of drug-likeness (QED) is 0.672. The molecule has 0 unspecified atom stereocenters. The molecule has 100 valence electrons. The van der Waals surface area contributed by atoms with Crippen LogP contribution in [0.4, 0.5) is 5.13 Å². The van der Waals surface area contributed by atoms with Crippen molar-refractivity contribution >= 4 is 57.3 Å². The predicted molar refractivity (Wildman–Crippen MR) is 80.7 cm³/mol. The summed E-state index contributed by atoms with van der Waals surface area (Å²) in [7, 11) is 0. The Morgan fingerprint density at radius 3 is 2.63 bits per heavy atom. The Kier molecular flexibility index (Phi) is 5.04. The largest absolute Gasteiger partial charge is 0.296 e. The molecule has 0 aliphatic carbocycles. The first-order valence-corrected chi connectivity index (χ1v) is 7.88. The topological polar surface area (TPSA) is 54.9 Å². The summed E-state index contributed by atoms with van der Waals surface area (Å²) in [5, 5.41) is 11.8. The number of aromatic nitrogens is 2. The summed E-state index contributed by atoms with van der Waals surface area (Å²) >= 11 is 14.6. The molecule has 1 aromatic carbocycles. The van der Waals surface area contributed by atoms with Gasteiger partial charge in [-0.3, -0.25) is 10.1 Å². The van der Waals surface area contributed by atoms with Crippen molar-refractivity contribution in [3.05, 3.63) is 33.8 Å². The summed E-state index contributed by atoms with van der Waals surface area (Å²) in [6, 6.07) is 4.66. The summed E-state index contributed by atoms with van der Waals surface area (Å²) in [4.78, 5) is 12.0. The van der Waals surface area contributed by atoms with Gasteiger partial charge in [0, 0.05) is 15.6 Å². The number of rotatable bonds is 4. The second kappa shape index (κ2) is 6.56. The number of amides is 1. The highest BCUT2D eigenvalue weighted by Gasteiger charge is 2.11. The number of nitrogens with one attached hydrogen (secondary N) is 1. The van der Waals surface area contributed by atoms with Gasteiger partial charge in [-0.2, -0.15) is 0 Å². The van der Waals surface area contributed by atoms with Gasteiger partial charge in [-0.05, 0) is 24.0 Å². The van der Waals surface area contributed by atoms with Crippen molar-refractivity contribution in [1.82, 2.24) is 10.2 Å². The molecule has 8 heteroatoms. The third-order valence-corrected chi connectivity index (χ3v) is 4.31. The lowest BCUT2D eigenvalue weighted by atomic mass is 10.2. The Labute approximate surface area is 128 Å². The zero-order valence-corrected chi connectivity index (χ0v) is 13.0. The van der Waals surface area contributed by atoms with E-state index < -0.39 is 0 Å². The van der Waals surface area contributed by atoms with Gasteiger partial charge in [-0.15, -0.1) is 10.2 Å². The van der Waals surface area contributed by atoms with Crippen LogP contribution in [0.3, 0.4) is 0 Å². The van der Waals surface area contributed by atoms with Crippen LogP contribution < -0.4 is 5.32 Å². The third kappa shape index (κ3) is 4.07. The van der Waals surface area contributed by atoms with Gasteiger partial charge < -0.3 is 0 Å². The van der Waals surface area contributed by atoms with Crippen LogP contribution in [0.5, 0.6) is 0 Å². The first kappa shape index (κ1) is 14.6. The van der Waals surface area contributed by atoms with E-state index in [1.54, 1.807) is 30.0 Å². The highest BCUT2D eigenvalue weighted by Crippen LogP contribution is 2.26. The average molecular weight is 334 g/mol. The first-order valence-electron chi connectivity index (χ1n) is 5.32. The number of halogens is 2. The van der Waals surface area contributed by atoms with Gasteiger partial charge in [-0.1, -0.05) is 53.2 Å². The molecule has 2 aromatic rings. The van der Waals surface area contributed by atoms with Gasteiger partial charge in [0.2, 0.25) is 5.13 Å². The summed E-state index contributed by atoms with van der Waals surface area (Å²) in [5.74, 6) is 0.598. The molecule has 1 heterocycles. The SMILES string of the molecule is CCSc1nnc(NC(=O)c2cc(Cl)cc(Cl)c2)s1. The molecule has 0 aliphatic heterocycles. The number of thioether (sulfide) groups is 1. The van der Waals surface area contributed by atoms with Crippen molar-refractivity contribution in [2.45, 2.75) is 11.3 Å². The van der Waals surface area contributed by atoms with Crippen LogP contribution in [-0.4, -0.2) is 21.9 Å². The van der Waals surface area contributed by atoms with Crippen LogP contribution in [-0.2, 0) is 0 Å². The molecule has 1 aromatic heterocycles. The number of carbonyl (C=O) groups is 1. The van der Waals surface area contributed by atoms with Crippen molar-refractivity contribution in [2.24, 2.45) is 0 Å². The van der Waals surface area contributed by atoms with Gasteiger partial charge in [-0.25, -0.2) is 0 Å². The zero-order chi connectivity index (χ0) is 13.8. The molecule has 0 saturated carbocycles. The lowest BCUT2D eigenvalue weighted by Crippen LogP contribution is -2.11. The summed E-state index contributed by atoms with van der Waals surface area (Å²) < 4.78 is 0.821. The minimum atomic E-state index is -0.311. The number of anilines is 1. The summed E-state index contributed by atoms with van der Waals surface area (Å²) in [5.41, 5.74) is 0.386. The van der Waals surface area contributed by atoms with Gasteiger partial charge >= 0.3 is 0 Å². The fraction of sp³-hybridized carbons (Fsp3) is 0.182. The first-order chi connectivity index (χ1) is 9.08. The third-order valence-electron chi connectivity index (χ3n) is 2.02. The van der Waals surface area contributed by atoms with E-state index in [0.29, 0.717) is 20.7 Å². The Balaban J connectivity index is 2.11. The smallest absolute Gasteiger partial charge is 0.257 e. The second-order valence-electron chi connectivity index (χ2n) is 3.42. The molecule has 0 aliphatic rings. The van der Waals surface area contributed by atoms with Crippen molar-refractivity contribution in [3.8, 4) is 0 Å². The Morgan fingerprint density at radius 2 is 2.00 bits per heavy atom. The number of carbonyl (C=O) groups excluding carboxylic acids is 1. The van der Waals surface area contributed by atoms with E-state index >= 15 is 0 Å². The van der Waals surface area contributed by atoms with Crippen LogP contribution >= 0.6 is 46.3 Å². The molecule has 19 heavy (non-hydrogen) atoms. The lowest BCUT2D eigenvalue weighted by Gasteiger charge is -2.02. The van der Waals surface area contributed by atoms with E-state index in [0.717, 1.165) is 10.1 Å². The van der Waals surface area contributed by atoms with E-state index in [4.69, 9.17) is 23.2 Å². The van der Waals surface area contributed by atoms with Crippen LogP contribution in [0, 0.1) is 0 Å². The highest BCUT2D eigenvalue weighted by atomic mass is 35.5. The minimum absolute atomic E-state index is 0.311. The lowest BCUT2D eigenvalue weighted by molar-refractivity contribution is 0.102. The molecule has 4 nitrogen and oxygen atoms in total. The van der Waals surface area contributed by atoms with E-state index in [1.807, 2.05) is 6.92 Å². The molecule has 0 fully saturated rings. The predicted octanol–water partition coefficient (Wildman–Crippen LogP) is 4.21. The molecule has 1 amide bonds. The maximum atomic E-state index is 12.0. The molecule has 0 spiro atoms. The van der Waals surface area contributed by atoms with Crippen LogP contribution in [0.1, 0.15) is 17.3 Å². The monoisotopic (exact) mass is 333 g/mol. The van der Waals surface area contributed by atoms with Crippen LogP contribution in [0.2, 0.25) is 10.0 Å².